The topological polar surface area (TPSA) is 29.5 Å². The number of hydrogen-bond acceptors (Lipinski definition) is 2. The van der Waals surface area contributed by atoms with Gasteiger partial charge >= 0.3 is 0 Å². The largest absolute Gasteiger partial charge is 0.494 e. The number of ether oxygens (including phenoxy) is 1. The van der Waals surface area contributed by atoms with Gasteiger partial charge in [0.25, 0.3) is 0 Å². The molecule has 0 bridgehead atoms. The minimum atomic E-state index is 0.113. The number of unbranched alkanes of at least 4 members (excludes halogenated alkanes) is 6. The highest BCUT2D eigenvalue weighted by molar-refractivity contribution is 5.39. The summed E-state index contributed by atoms with van der Waals surface area (Å²) in [6, 6.07) is 7.86. The number of aliphatic hydroxyl groups is 1. The summed E-state index contributed by atoms with van der Waals surface area (Å²) in [6.45, 7) is 3.14. The standard InChI is InChI=1S/C19H28O2/c1-2-3-4-5-6-7-10-16-21-19-14-11-13-18(17-19)12-8-9-15-20/h11,13-14,17,20H,2-7,9-10,15-16H2,1H3. The maximum absolute atomic E-state index is 8.71. The van der Waals surface area contributed by atoms with Gasteiger partial charge in [0.05, 0.1) is 13.2 Å². The average Bonchev–Trinajstić information content (AvgIpc) is 2.51. The zero-order chi connectivity index (χ0) is 15.2. The molecular formula is C19H28O2. The monoisotopic (exact) mass is 288 g/mol. The summed E-state index contributed by atoms with van der Waals surface area (Å²) >= 11 is 0. The lowest BCUT2D eigenvalue weighted by Crippen LogP contribution is -1.97. The zero-order valence-electron chi connectivity index (χ0n) is 13.2. The lowest BCUT2D eigenvalue weighted by molar-refractivity contribution is 0.304. The fourth-order valence-corrected chi connectivity index (χ4v) is 2.13. The van der Waals surface area contributed by atoms with E-state index in [-0.39, 0.29) is 6.61 Å². The van der Waals surface area contributed by atoms with Gasteiger partial charge in [0.15, 0.2) is 0 Å². The van der Waals surface area contributed by atoms with Crippen molar-refractivity contribution < 1.29 is 9.84 Å². The molecule has 0 unspecified atom stereocenters. The van der Waals surface area contributed by atoms with Gasteiger partial charge in [0.1, 0.15) is 5.75 Å². The van der Waals surface area contributed by atoms with Gasteiger partial charge in [0.2, 0.25) is 0 Å². The van der Waals surface area contributed by atoms with Gasteiger partial charge in [-0.3, -0.25) is 0 Å². The Balaban J connectivity index is 2.17. The fraction of sp³-hybridized carbons (Fsp3) is 0.579. The van der Waals surface area contributed by atoms with E-state index in [4.69, 9.17) is 9.84 Å². The molecular weight excluding hydrogens is 260 g/mol. The third-order valence-electron chi connectivity index (χ3n) is 3.32. The first-order valence-corrected chi connectivity index (χ1v) is 8.19. The van der Waals surface area contributed by atoms with E-state index in [0.717, 1.165) is 24.3 Å². The Morgan fingerprint density at radius 1 is 1.05 bits per heavy atom. The van der Waals surface area contributed by atoms with Crippen LogP contribution in [0.15, 0.2) is 24.3 Å². The number of hydrogen-bond donors (Lipinski definition) is 1. The Bertz CT molecular complexity index is 429. The Morgan fingerprint density at radius 3 is 2.57 bits per heavy atom. The van der Waals surface area contributed by atoms with Crippen LogP contribution in [0.2, 0.25) is 0 Å². The van der Waals surface area contributed by atoms with Gasteiger partial charge in [-0.2, -0.15) is 0 Å². The van der Waals surface area contributed by atoms with Crippen molar-refractivity contribution >= 4 is 0 Å². The van der Waals surface area contributed by atoms with Crippen molar-refractivity contribution in [1.82, 2.24) is 0 Å². The van der Waals surface area contributed by atoms with E-state index < -0.39 is 0 Å². The molecule has 1 aromatic carbocycles. The minimum absolute atomic E-state index is 0.113. The van der Waals surface area contributed by atoms with Crippen LogP contribution in [-0.4, -0.2) is 18.3 Å². The molecule has 0 aliphatic heterocycles. The predicted molar refractivity (Wildman–Crippen MR) is 88.5 cm³/mol. The van der Waals surface area contributed by atoms with Crippen LogP contribution in [0.1, 0.15) is 63.9 Å². The summed E-state index contributed by atoms with van der Waals surface area (Å²) in [6.07, 6.45) is 9.59. The molecule has 0 aliphatic carbocycles. The van der Waals surface area contributed by atoms with Crippen LogP contribution >= 0.6 is 0 Å². The molecule has 2 heteroatoms. The number of benzene rings is 1. The molecule has 0 aromatic heterocycles. The summed E-state index contributed by atoms with van der Waals surface area (Å²) in [5, 5.41) is 8.71. The van der Waals surface area contributed by atoms with Gasteiger partial charge in [-0.15, -0.1) is 0 Å². The van der Waals surface area contributed by atoms with Crippen molar-refractivity contribution in [1.29, 1.82) is 0 Å². The summed E-state index contributed by atoms with van der Waals surface area (Å²) in [5.41, 5.74) is 0.945. The van der Waals surface area contributed by atoms with E-state index in [2.05, 4.69) is 18.8 Å². The third-order valence-corrected chi connectivity index (χ3v) is 3.32. The molecule has 0 saturated carbocycles. The van der Waals surface area contributed by atoms with Gasteiger partial charge < -0.3 is 9.84 Å². The van der Waals surface area contributed by atoms with Crippen molar-refractivity contribution in [2.75, 3.05) is 13.2 Å². The minimum Gasteiger partial charge on any atom is -0.494 e. The summed E-state index contributed by atoms with van der Waals surface area (Å²) in [4.78, 5) is 0. The first-order chi connectivity index (χ1) is 10.4. The number of aliphatic hydroxyl groups excluding tert-OH is 1. The first kappa shape index (κ1) is 17.6. The highest BCUT2D eigenvalue weighted by Gasteiger charge is 1.96. The molecule has 0 fully saturated rings. The molecule has 116 valence electrons. The van der Waals surface area contributed by atoms with E-state index >= 15 is 0 Å². The van der Waals surface area contributed by atoms with E-state index in [0.29, 0.717) is 6.42 Å². The SMILES string of the molecule is CCCCCCCCCOc1cccc(C#CCCO)c1. The lowest BCUT2D eigenvalue weighted by atomic mass is 10.1. The van der Waals surface area contributed by atoms with Crippen LogP contribution in [0.25, 0.3) is 0 Å². The van der Waals surface area contributed by atoms with Gasteiger partial charge in [-0.1, -0.05) is 63.4 Å². The van der Waals surface area contributed by atoms with Crippen LogP contribution in [-0.2, 0) is 0 Å². The molecule has 0 radical (unpaired) electrons. The van der Waals surface area contributed by atoms with Gasteiger partial charge in [0, 0.05) is 12.0 Å². The summed E-state index contributed by atoms with van der Waals surface area (Å²) < 4.78 is 5.76. The van der Waals surface area contributed by atoms with Crippen LogP contribution in [0.4, 0.5) is 0 Å². The predicted octanol–water partition coefficient (Wildman–Crippen LogP) is 4.55. The van der Waals surface area contributed by atoms with Crippen molar-refractivity contribution in [3.63, 3.8) is 0 Å². The molecule has 1 aromatic rings. The molecule has 0 amide bonds. The summed E-state index contributed by atoms with van der Waals surface area (Å²) in [5.74, 6) is 6.84. The van der Waals surface area contributed by atoms with E-state index in [1.807, 2.05) is 24.3 Å². The van der Waals surface area contributed by atoms with Gasteiger partial charge in [-0.05, 0) is 24.6 Å². The molecule has 0 spiro atoms. The van der Waals surface area contributed by atoms with Crippen LogP contribution < -0.4 is 4.74 Å². The molecule has 1 N–H and O–H groups in total. The van der Waals surface area contributed by atoms with Crippen LogP contribution in [0.3, 0.4) is 0 Å². The highest BCUT2D eigenvalue weighted by Crippen LogP contribution is 2.14. The smallest absolute Gasteiger partial charge is 0.120 e. The van der Waals surface area contributed by atoms with Crippen molar-refractivity contribution in [2.24, 2.45) is 0 Å². The van der Waals surface area contributed by atoms with Crippen molar-refractivity contribution in [2.45, 2.75) is 58.3 Å². The molecule has 2 nitrogen and oxygen atoms in total. The fourth-order valence-electron chi connectivity index (χ4n) is 2.13. The molecule has 0 aliphatic rings. The van der Waals surface area contributed by atoms with Crippen molar-refractivity contribution in [3.8, 4) is 17.6 Å². The molecule has 1 rings (SSSR count). The molecule has 0 saturated heterocycles. The second kappa shape index (κ2) is 12.3. The second-order valence-corrected chi connectivity index (χ2v) is 5.27. The van der Waals surface area contributed by atoms with E-state index in [1.54, 1.807) is 0 Å². The van der Waals surface area contributed by atoms with Gasteiger partial charge in [-0.25, -0.2) is 0 Å². The molecule has 21 heavy (non-hydrogen) atoms. The maximum atomic E-state index is 8.71. The Kier molecular flexibility index (Phi) is 10.3. The molecule has 0 heterocycles. The molecule has 0 atom stereocenters. The maximum Gasteiger partial charge on any atom is 0.120 e. The number of rotatable bonds is 10. The summed E-state index contributed by atoms with van der Waals surface area (Å²) in [7, 11) is 0. The van der Waals surface area contributed by atoms with Crippen LogP contribution in [0.5, 0.6) is 5.75 Å². The van der Waals surface area contributed by atoms with E-state index in [1.165, 1.54) is 38.5 Å². The average molecular weight is 288 g/mol. The third kappa shape index (κ3) is 9.15. The van der Waals surface area contributed by atoms with Crippen molar-refractivity contribution in [3.05, 3.63) is 29.8 Å². The normalized spacial score (nSPS) is 10.0. The quantitative estimate of drug-likeness (QED) is 0.505. The second-order valence-electron chi connectivity index (χ2n) is 5.27. The zero-order valence-corrected chi connectivity index (χ0v) is 13.2. The lowest BCUT2D eigenvalue weighted by Gasteiger charge is -2.06. The van der Waals surface area contributed by atoms with Crippen LogP contribution in [0, 0.1) is 11.8 Å². The highest BCUT2D eigenvalue weighted by atomic mass is 16.5. The first-order valence-electron chi connectivity index (χ1n) is 8.19. The Labute approximate surface area is 129 Å². The Morgan fingerprint density at radius 2 is 1.81 bits per heavy atom. The van der Waals surface area contributed by atoms with E-state index in [9.17, 15) is 0 Å². The Hall–Kier alpha value is -1.46.